The molecule has 1 saturated carbocycles. The summed E-state index contributed by atoms with van der Waals surface area (Å²) in [5.74, 6) is -0.693. The van der Waals surface area contributed by atoms with Crippen molar-refractivity contribution in [1.82, 2.24) is 0 Å². The van der Waals surface area contributed by atoms with E-state index in [4.69, 9.17) is 11.6 Å². The van der Waals surface area contributed by atoms with Crippen molar-refractivity contribution in [1.29, 1.82) is 0 Å². The highest BCUT2D eigenvalue weighted by Crippen LogP contribution is 2.43. The summed E-state index contributed by atoms with van der Waals surface area (Å²) in [4.78, 5) is 26.6. The highest BCUT2D eigenvalue weighted by molar-refractivity contribution is 7.99. The van der Waals surface area contributed by atoms with E-state index in [0.717, 1.165) is 10.6 Å². The number of hydrogen-bond acceptors (Lipinski definition) is 4. The van der Waals surface area contributed by atoms with Crippen molar-refractivity contribution in [2.75, 3.05) is 5.32 Å². The van der Waals surface area contributed by atoms with E-state index in [2.05, 4.69) is 17.4 Å². The van der Waals surface area contributed by atoms with Crippen molar-refractivity contribution < 1.29 is 14.7 Å². The third-order valence-electron chi connectivity index (χ3n) is 6.23. The lowest BCUT2D eigenvalue weighted by Gasteiger charge is -2.20. The van der Waals surface area contributed by atoms with Crippen LogP contribution in [0.15, 0.2) is 107 Å². The topological polar surface area (TPSA) is 66.4 Å². The average molecular weight is 514 g/mol. The third kappa shape index (κ3) is 5.64. The first-order valence-corrected chi connectivity index (χ1v) is 12.9. The summed E-state index contributed by atoms with van der Waals surface area (Å²) in [7, 11) is 0. The molecular formula is C30H24ClNO3S. The van der Waals surface area contributed by atoms with Crippen molar-refractivity contribution in [3.63, 3.8) is 0 Å². The molecule has 4 nitrogen and oxygen atoms in total. The van der Waals surface area contributed by atoms with Gasteiger partial charge < -0.3 is 10.4 Å². The number of anilines is 1. The van der Waals surface area contributed by atoms with Gasteiger partial charge in [0.2, 0.25) is 0 Å². The van der Waals surface area contributed by atoms with Crippen molar-refractivity contribution in [2.24, 2.45) is 5.92 Å². The maximum absolute atomic E-state index is 13.2. The lowest BCUT2D eigenvalue weighted by Crippen LogP contribution is -2.13. The maximum Gasteiger partial charge on any atom is 0.336 e. The minimum absolute atomic E-state index is 0.114. The predicted molar refractivity (Wildman–Crippen MR) is 144 cm³/mol. The van der Waals surface area contributed by atoms with Crippen molar-refractivity contribution in [3.8, 4) is 0 Å². The molecule has 0 aliphatic heterocycles. The van der Waals surface area contributed by atoms with Crippen molar-refractivity contribution in [2.45, 2.75) is 28.7 Å². The quantitative estimate of drug-likeness (QED) is 0.222. The monoisotopic (exact) mass is 513 g/mol. The van der Waals surface area contributed by atoms with Crippen LogP contribution >= 0.6 is 23.4 Å². The number of hydrogen-bond donors (Lipinski definition) is 2. The van der Waals surface area contributed by atoms with Crippen LogP contribution in [0.5, 0.6) is 0 Å². The summed E-state index contributed by atoms with van der Waals surface area (Å²) in [6, 6.07) is 29.9. The minimum Gasteiger partial charge on any atom is -0.478 e. The molecule has 0 saturated heterocycles. The van der Waals surface area contributed by atoms with Crippen LogP contribution in [0.4, 0.5) is 5.69 Å². The number of halogens is 1. The van der Waals surface area contributed by atoms with Crippen LogP contribution in [0.1, 0.15) is 50.7 Å². The van der Waals surface area contributed by atoms with Gasteiger partial charge in [0, 0.05) is 31.6 Å². The molecule has 4 aromatic carbocycles. The summed E-state index contributed by atoms with van der Waals surface area (Å²) < 4.78 is 0. The second kappa shape index (κ2) is 10.6. The number of rotatable bonds is 9. The number of carboxylic acid groups (broad SMARTS) is 1. The molecule has 1 aliphatic rings. The van der Waals surface area contributed by atoms with Crippen LogP contribution in [-0.4, -0.2) is 16.9 Å². The summed E-state index contributed by atoms with van der Waals surface area (Å²) >= 11 is 7.42. The van der Waals surface area contributed by atoms with Gasteiger partial charge in [-0.3, -0.25) is 4.79 Å². The van der Waals surface area contributed by atoms with E-state index in [1.807, 2.05) is 54.6 Å². The van der Waals surface area contributed by atoms with E-state index in [0.29, 0.717) is 27.0 Å². The Labute approximate surface area is 219 Å². The number of ketones is 1. The molecule has 2 N–H and O–H groups in total. The lowest BCUT2D eigenvalue weighted by molar-refractivity contribution is 0.0693. The molecule has 36 heavy (non-hydrogen) atoms. The van der Waals surface area contributed by atoms with Gasteiger partial charge in [0.1, 0.15) is 0 Å². The Kier molecular flexibility index (Phi) is 7.12. The van der Waals surface area contributed by atoms with E-state index in [-0.39, 0.29) is 17.4 Å². The largest absolute Gasteiger partial charge is 0.478 e. The highest BCUT2D eigenvalue weighted by atomic mass is 35.5. The standard InChI is InChI=1S/C30H24ClNO3S/c31-23-13-8-20(9-14-23)28(19-6-7-19)32-24-15-10-21(11-16-24)29(33)22-12-17-27(26(18-22)30(34)35)36-25-4-2-1-3-5-25/h1-5,8-19,28,32H,6-7H2,(H,34,35). The average Bonchev–Trinajstić information content (AvgIpc) is 3.74. The summed E-state index contributed by atoms with van der Waals surface area (Å²) in [6.07, 6.45) is 2.36. The summed E-state index contributed by atoms with van der Waals surface area (Å²) in [5, 5.41) is 14.1. The van der Waals surface area contributed by atoms with Gasteiger partial charge in [0.15, 0.2) is 5.78 Å². The van der Waals surface area contributed by atoms with Gasteiger partial charge in [-0.15, -0.1) is 0 Å². The van der Waals surface area contributed by atoms with Gasteiger partial charge in [-0.2, -0.15) is 0 Å². The van der Waals surface area contributed by atoms with E-state index in [1.165, 1.54) is 36.2 Å². The van der Waals surface area contributed by atoms with Gasteiger partial charge in [-0.1, -0.05) is 53.7 Å². The van der Waals surface area contributed by atoms with E-state index in [9.17, 15) is 14.7 Å². The van der Waals surface area contributed by atoms with E-state index < -0.39 is 5.97 Å². The maximum atomic E-state index is 13.2. The zero-order valence-electron chi connectivity index (χ0n) is 19.4. The Morgan fingerprint density at radius 3 is 2.17 bits per heavy atom. The molecule has 180 valence electrons. The van der Waals surface area contributed by atoms with Gasteiger partial charge in [0.05, 0.1) is 11.6 Å². The molecule has 0 heterocycles. The number of nitrogens with one attached hydrogen (secondary N) is 1. The van der Waals surface area contributed by atoms with E-state index >= 15 is 0 Å². The molecule has 0 bridgehead atoms. The van der Waals surface area contributed by atoms with E-state index in [1.54, 1.807) is 24.3 Å². The Morgan fingerprint density at radius 1 is 0.861 bits per heavy atom. The zero-order valence-corrected chi connectivity index (χ0v) is 20.9. The zero-order chi connectivity index (χ0) is 25.1. The van der Waals surface area contributed by atoms with Gasteiger partial charge in [0.25, 0.3) is 0 Å². The Balaban J connectivity index is 1.33. The third-order valence-corrected chi connectivity index (χ3v) is 7.57. The van der Waals surface area contributed by atoms with Gasteiger partial charge >= 0.3 is 5.97 Å². The molecule has 1 atom stereocenters. The minimum atomic E-state index is -1.06. The van der Waals surface area contributed by atoms with Crippen LogP contribution < -0.4 is 5.32 Å². The second-order valence-electron chi connectivity index (χ2n) is 8.85. The molecule has 1 aliphatic carbocycles. The summed E-state index contributed by atoms with van der Waals surface area (Å²) in [6.45, 7) is 0. The van der Waals surface area contributed by atoms with Crippen molar-refractivity contribution >= 4 is 40.8 Å². The summed E-state index contributed by atoms with van der Waals surface area (Å²) in [5.41, 5.74) is 3.09. The fourth-order valence-electron chi connectivity index (χ4n) is 4.18. The smallest absolute Gasteiger partial charge is 0.336 e. The molecule has 0 spiro atoms. The number of carbonyl (C=O) groups excluding carboxylic acids is 1. The van der Waals surface area contributed by atoms with Crippen LogP contribution in [-0.2, 0) is 0 Å². The number of benzene rings is 4. The number of aromatic carboxylic acids is 1. The fourth-order valence-corrected chi connectivity index (χ4v) is 5.25. The SMILES string of the molecule is O=C(c1ccc(NC(c2ccc(Cl)cc2)C2CC2)cc1)c1ccc(Sc2ccccc2)c(C(=O)O)c1. The van der Waals surface area contributed by atoms with Crippen LogP contribution in [0, 0.1) is 5.92 Å². The van der Waals surface area contributed by atoms with Crippen LogP contribution in [0.25, 0.3) is 0 Å². The first-order chi connectivity index (χ1) is 17.5. The molecular weight excluding hydrogens is 490 g/mol. The second-order valence-corrected chi connectivity index (χ2v) is 10.4. The molecule has 1 unspecified atom stereocenters. The molecule has 0 aromatic heterocycles. The first-order valence-electron chi connectivity index (χ1n) is 11.7. The Morgan fingerprint density at radius 2 is 1.53 bits per heavy atom. The fraction of sp³-hybridized carbons (Fsp3) is 0.133. The lowest BCUT2D eigenvalue weighted by atomic mass is 10.00. The normalized spacial score (nSPS) is 13.7. The van der Waals surface area contributed by atoms with Crippen LogP contribution in [0.3, 0.4) is 0 Å². The Bertz CT molecular complexity index is 1380. The first kappa shape index (κ1) is 24.2. The molecule has 4 aromatic rings. The Hall–Kier alpha value is -3.54. The van der Waals surface area contributed by atoms with Gasteiger partial charge in [-0.05, 0) is 91.1 Å². The molecule has 6 heteroatoms. The highest BCUT2D eigenvalue weighted by Gasteiger charge is 2.32. The van der Waals surface area contributed by atoms with Crippen molar-refractivity contribution in [3.05, 3.63) is 124 Å². The molecule has 5 rings (SSSR count). The van der Waals surface area contributed by atoms with Gasteiger partial charge in [-0.25, -0.2) is 4.79 Å². The predicted octanol–water partition coefficient (Wildman–Crippen LogP) is 7.98. The van der Waals surface area contributed by atoms with Crippen LogP contribution in [0.2, 0.25) is 5.02 Å². The number of carbonyl (C=O) groups is 2. The number of carboxylic acids is 1. The molecule has 0 radical (unpaired) electrons. The molecule has 0 amide bonds. The molecule has 1 fully saturated rings.